The van der Waals surface area contributed by atoms with Crippen LogP contribution in [0, 0.1) is 0 Å². The summed E-state index contributed by atoms with van der Waals surface area (Å²) in [6, 6.07) is 4.94. The van der Waals surface area contributed by atoms with Gasteiger partial charge in [0.15, 0.2) is 0 Å². The Hall–Kier alpha value is -1.10. The summed E-state index contributed by atoms with van der Waals surface area (Å²) in [6.07, 6.45) is -0.220. The number of rotatable bonds is 2. The van der Waals surface area contributed by atoms with Crippen molar-refractivity contribution in [2.75, 3.05) is 7.05 Å². The lowest BCUT2D eigenvalue weighted by atomic mass is 10.2. The van der Waals surface area contributed by atoms with Gasteiger partial charge in [-0.15, -0.1) is 0 Å². The number of aromatic nitrogens is 2. The molecule has 6 heteroatoms. The number of benzene rings is 1. The maximum Gasteiger partial charge on any atom is 0.263 e. The Bertz CT molecular complexity index is 624. The smallest absolute Gasteiger partial charge is 0.263 e. The van der Waals surface area contributed by atoms with Gasteiger partial charge in [-0.1, -0.05) is 11.6 Å². The molecule has 0 saturated heterocycles. The number of halogens is 2. The van der Waals surface area contributed by atoms with Gasteiger partial charge in [0, 0.05) is 5.02 Å². The minimum absolute atomic E-state index is 0.145. The largest absolute Gasteiger partial charge is 0.300 e. The number of hydrogen-bond acceptors (Lipinski definition) is 3. The van der Waals surface area contributed by atoms with Gasteiger partial charge in [-0.3, -0.25) is 9.36 Å². The highest BCUT2D eigenvalue weighted by atomic mass is 35.5. The second kappa shape index (κ2) is 4.64. The minimum Gasteiger partial charge on any atom is -0.300 e. The standard InChI is InChI=1S/C11H11Cl2N3O/c1-6(14-2)16-10(17)8-4-3-7(12)5-9(8)15-11(16)13/h3-6,14H,1-2H3. The zero-order chi connectivity index (χ0) is 12.6. The molecular formula is C11H11Cl2N3O. The van der Waals surface area contributed by atoms with Gasteiger partial charge in [-0.2, -0.15) is 0 Å². The summed E-state index contributed by atoms with van der Waals surface area (Å²) < 4.78 is 1.40. The van der Waals surface area contributed by atoms with Gasteiger partial charge >= 0.3 is 0 Å². The number of fused-ring (bicyclic) bond motifs is 1. The highest BCUT2D eigenvalue weighted by molar-refractivity contribution is 6.31. The van der Waals surface area contributed by atoms with Crippen LogP contribution in [0.15, 0.2) is 23.0 Å². The van der Waals surface area contributed by atoms with Crippen molar-refractivity contribution >= 4 is 34.1 Å². The fourth-order valence-electron chi connectivity index (χ4n) is 1.61. The van der Waals surface area contributed by atoms with Gasteiger partial charge in [0.1, 0.15) is 0 Å². The molecule has 4 nitrogen and oxygen atoms in total. The summed E-state index contributed by atoms with van der Waals surface area (Å²) in [5.74, 6) is 0. The molecule has 0 aliphatic carbocycles. The third kappa shape index (κ3) is 2.16. The topological polar surface area (TPSA) is 46.9 Å². The average Bonchev–Trinajstić information content (AvgIpc) is 2.28. The molecule has 2 rings (SSSR count). The van der Waals surface area contributed by atoms with Crippen LogP contribution in [-0.2, 0) is 0 Å². The summed E-state index contributed by atoms with van der Waals surface area (Å²) >= 11 is 11.9. The van der Waals surface area contributed by atoms with Crippen LogP contribution in [0.25, 0.3) is 10.9 Å². The molecule has 0 fully saturated rings. The van der Waals surface area contributed by atoms with Crippen LogP contribution in [0.4, 0.5) is 0 Å². The summed E-state index contributed by atoms with van der Waals surface area (Å²) in [5.41, 5.74) is 0.325. The molecule has 1 aromatic heterocycles. The van der Waals surface area contributed by atoms with E-state index in [4.69, 9.17) is 23.2 Å². The molecule has 90 valence electrons. The van der Waals surface area contributed by atoms with Crippen LogP contribution < -0.4 is 10.9 Å². The highest BCUT2D eigenvalue weighted by Gasteiger charge is 2.13. The predicted molar refractivity (Wildman–Crippen MR) is 69.8 cm³/mol. The van der Waals surface area contributed by atoms with Crippen LogP contribution in [0.5, 0.6) is 0 Å². The van der Waals surface area contributed by atoms with Gasteiger partial charge in [-0.25, -0.2) is 4.98 Å². The quantitative estimate of drug-likeness (QED) is 0.854. The first kappa shape index (κ1) is 12.4. The van der Waals surface area contributed by atoms with Crippen LogP contribution in [0.3, 0.4) is 0 Å². The fraction of sp³-hybridized carbons (Fsp3) is 0.273. The van der Waals surface area contributed by atoms with E-state index in [1.165, 1.54) is 4.57 Å². The molecule has 1 aromatic carbocycles. The second-order valence-electron chi connectivity index (χ2n) is 3.68. The zero-order valence-electron chi connectivity index (χ0n) is 9.37. The Labute approximate surface area is 108 Å². The summed E-state index contributed by atoms with van der Waals surface area (Å²) in [7, 11) is 1.75. The summed E-state index contributed by atoms with van der Waals surface area (Å²) in [5, 5.41) is 4.12. The fourth-order valence-corrected chi connectivity index (χ4v) is 2.09. The van der Waals surface area contributed by atoms with E-state index in [9.17, 15) is 4.79 Å². The molecule has 1 atom stereocenters. The molecule has 0 bridgehead atoms. The average molecular weight is 272 g/mol. The maximum atomic E-state index is 12.2. The van der Waals surface area contributed by atoms with Crippen molar-refractivity contribution in [1.82, 2.24) is 14.9 Å². The van der Waals surface area contributed by atoms with E-state index in [2.05, 4.69) is 10.3 Å². The van der Waals surface area contributed by atoms with Crippen LogP contribution in [0.2, 0.25) is 10.3 Å². The van der Waals surface area contributed by atoms with Crippen molar-refractivity contribution in [3.05, 3.63) is 38.9 Å². The summed E-state index contributed by atoms with van der Waals surface area (Å²) in [4.78, 5) is 16.4. The van der Waals surface area contributed by atoms with E-state index < -0.39 is 0 Å². The predicted octanol–water partition coefficient (Wildman–Crippen LogP) is 2.44. The Balaban J connectivity index is 2.81. The lowest BCUT2D eigenvalue weighted by Crippen LogP contribution is -2.31. The van der Waals surface area contributed by atoms with Gasteiger partial charge in [0.05, 0.1) is 17.1 Å². The molecule has 2 aromatic rings. The highest BCUT2D eigenvalue weighted by Crippen LogP contribution is 2.18. The van der Waals surface area contributed by atoms with E-state index in [1.807, 2.05) is 6.92 Å². The van der Waals surface area contributed by atoms with Crippen molar-refractivity contribution in [3.8, 4) is 0 Å². The molecule has 0 aliphatic rings. The summed E-state index contributed by atoms with van der Waals surface area (Å²) in [6.45, 7) is 1.83. The van der Waals surface area contributed by atoms with Crippen LogP contribution >= 0.6 is 23.2 Å². The lowest BCUT2D eigenvalue weighted by Gasteiger charge is -2.16. The molecule has 1 unspecified atom stereocenters. The van der Waals surface area contributed by atoms with Crippen molar-refractivity contribution in [2.24, 2.45) is 0 Å². The molecule has 0 aliphatic heterocycles. The van der Waals surface area contributed by atoms with E-state index in [1.54, 1.807) is 25.2 Å². The van der Waals surface area contributed by atoms with Gasteiger partial charge in [-0.05, 0) is 43.8 Å². The Kier molecular flexibility index (Phi) is 3.38. The third-order valence-corrected chi connectivity index (χ3v) is 3.13. The molecular weight excluding hydrogens is 261 g/mol. The molecule has 1 N–H and O–H groups in total. The molecule has 0 saturated carbocycles. The number of nitrogens with zero attached hydrogens (tertiary/aromatic N) is 2. The Morgan fingerprint density at radius 3 is 2.76 bits per heavy atom. The van der Waals surface area contributed by atoms with E-state index >= 15 is 0 Å². The normalized spacial score (nSPS) is 12.9. The number of hydrogen-bond donors (Lipinski definition) is 1. The van der Waals surface area contributed by atoms with Crippen molar-refractivity contribution < 1.29 is 0 Å². The van der Waals surface area contributed by atoms with Crippen molar-refractivity contribution in [2.45, 2.75) is 13.1 Å². The molecule has 0 radical (unpaired) electrons. The van der Waals surface area contributed by atoms with E-state index in [-0.39, 0.29) is 17.0 Å². The SMILES string of the molecule is CNC(C)n1c(Cl)nc2cc(Cl)ccc2c1=O. The van der Waals surface area contributed by atoms with Crippen LogP contribution in [-0.4, -0.2) is 16.6 Å². The molecule has 17 heavy (non-hydrogen) atoms. The van der Waals surface area contributed by atoms with Gasteiger partial charge in [0.2, 0.25) is 5.28 Å². The van der Waals surface area contributed by atoms with Crippen LogP contribution in [0.1, 0.15) is 13.1 Å². The first-order valence-corrected chi connectivity index (χ1v) is 5.84. The number of nitrogens with one attached hydrogen (secondary N) is 1. The third-order valence-electron chi connectivity index (χ3n) is 2.63. The molecule has 0 spiro atoms. The molecule has 0 amide bonds. The zero-order valence-corrected chi connectivity index (χ0v) is 10.9. The van der Waals surface area contributed by atoms with E-state index in [0.29, 0.717) is 15.9 Å². The minimum atomic E-state index is -0.220. The molecule has 1 heterocycles. The van der Waals surface area contributed by atoms with Gasteiger partial charge in [0.25, 0.3) is 5.56 Å². The Morgan fingerprint density at radius 2 is 2.12 bits per heavy atom. The van der Waals surface area contributed by atoms with Crippen molar-refractivity contribution in [3.63, 3.8) is 0 Å². The van der Waals surface area contributed by atoms with E-state index in [0.717, 1.165) is 0 Å². The second-order valence-corrected chi connectivity index (χ2v) is 4.46. The first-order chi connectivity index (χ1) is 8.04. The van der Waals surface area contributed by atoms with Gasteiger partial charge < -0.3 is 5.32 Å². The van der Waals surface area contributed by atoms with Crippen molar-refractivity contribution in [1.29, 1.82) is 0 Å². The lowest BCUT2D eigenvalue weighted by molar-refractivity contribution is 0.461. The first-order valence-electron chi connectivity index (χ1n) is 5.09. The monoisotopic (exact) mass is 271 g/mol. The Morgan fingerprint density at radius 1 is 1.41 bits per heavy atom. The maximum absolute atomic E-state index is 12.2.